The minimum atomic E-state index is -0.798. The summed E-state index contributed by atoms with van der Waals surface area (Å²) in [6, 6.07) is 0. The van der Waals surface area contributed by atoms with E-state index >= 15 is 0 Å². The van der Waals surface area contributed by atoms with Gasteiger partial charge in [-0.3, -0.25) is 14.4 Å². The molecule has 0 radical (unpaired) electrons. The average molecular weight is 1050 g/mol. The summed E-state index contributed by atoms with van der Waals surface area (Å²) in [6.07, 6.45) is 90.0. The molecular weight excluding hydrogens is 937 g/mol. The van der Waals surface area contributed by atoms with Crippen LogP contribution in [0.15, 0.2) is 146 Å². The molecule has 0 bridgehead atoms. The summed E-state index contributed by atoms with van der Waals surface area (Å²) in [4.78, 5) is 38.0. The Balaban J connectivity index is 4.25. The van der Waals surface area contributed by atoms with Gasteiger partial charge in [0.25, 0.3) is 0 Å². The normalized spacial score (nSPS) is 13.1. The van der Waals surface area contributed by atoms with Crippen molar-refractivity contribution in [2.75, 3.05) is 13.2 Å². The maximum Gasteiger partial charge on any atom is 0.306 e. The van der Waals surface area contributed by atoms with Crippen molar-refractivity contribution in [3.05, 3.63) is 146 Å². The van der Waals surface area contributed by atoms with Gasteiger partial charge >= 0.3 is 17.9 Å². The SMILES string of the molecule is CC/C=C\C/C=C\C/C=C\C/C=C\C/C=C\C/C=C\C/C=C\C/C=C\C/C=C\C/C=C\CCCCCCC(=O)OCC(COC(=O)CCCCCCCCCCC)OC(=O)CCCCCCC/C=C\C/C=C\CCCC. The Kier molecular flexibility index (Phi) is 58.9. The topological polar surface area (TPSA) is 78.9 Å². The number of hydrogen-bond acceptors (Lipinski definition) is 6. The van der Waals surface area contributed by atoms with Crippen molar-refractivity contribution < 1.29 is 28.6 Å². The van der Waals surface area contributed by atoms with Crippen LogP contribution >= 0.6 is 0 Å². The molecule has 0 rings (SSSR count). The summed E-state index contributed by atoms with van der Waals surface area (Å²) in [5, 5.41) is 0. The van der Waals surface area contributed by atoms with E-state index in [1.807, 2.05) is 0 Å². The molecule has 1 atom stereocenters. The summed E-state index contributed by atoms with van der Waals surface area (Å²) in [7, 11) is 0. The Hall–Kier alpha value is -4.71. The molecule has 0 saturated carbocycles. The van der Waals surface area contributed by atoms with Gasteiger partial charge in [-0.25, -0.2) is 0 Å². The lowest BCUT2D eigenvalue weighted by atomic mass is 10.1. The Labute approximate surface area is 467 Å². The zero-order valence-electron chi connectivity index (χ0n) is 49.0. The first-order valence-electron chi connectivity index (χ1n) is 30.8. The van der Waals surface area contributed by atoms with Gasteiger partial charge in [-0.05, 0) is 122 Å². The van der Waals surface area contributed by atoms with Crippen molar-refractivity contribution in [3.8, 4) is 0 Å². The van der Waals surface area contributed by atoms with Crippen LogP contribution in [0, 0.1) is 0 Å². The van der Waals surface area contributed by atoms with Gasteiger partial charge in [0.15, 0.2) is 6.10 Å². The van der Waals surface area contributed by atoms with Crippen molar-refractivity contribution in [2.45, 2.75) is 264 Å². The van der Waals surface area contributed by atoms with Crippen LogP contribution < -0.4 is 0 Å². The van der Waals surface area contributed by atoms with Gasteiger partial charge in [0.05, 0.1) is 0 Å². The van der Waals surface area contributed by atoms with Crippen LogP contribution in [-0.4, -0.2) is 37.2 Å². The standard InChI is InChI=1S/C70H112O6/c1-4-7-10-13-16-19-21-23-25-26-27-28-29-30-31-32-33-34-35-36-37-38-39-40-41-42-43-44-45-47-48-51-54-57-60-63-69(72)75-66-67(65-74-68(71)62-59-56-53-50-18-15-12-9-6-3)76-70(73)64-61-58-55-52-49-46-24-22-20-17-14-11-8-5-2/h7,10,14,16-17,19,22-25,27-28,30-31,33-34,36-37,39-40,42-43,45,47,67H,4-6,8-9,11-13,15,18,20-21,26,29,32,35,38,41,44,46,48-66H2,1-3H3/b10-7-,17-14-,19-16-,24-22-,25-23-,28-27-,31-30-,34-33-,37-36-,40-39-,43-42-,47-45-. The Morgan fingerprint density at radius 2 is 0.526 bits per heavy atom. The lowest BCUT2D eigenvalue weighted by Gasteiger charge is -2.18. The molecule has 0 aromatic rings. The Morgan fingerprint density at radius 3 is 0.842 bits per heavy atom. The fraction of sp³-hybridized carbons (Fsp3) is 0.614. The van der Waals surface area contributed by atoms with E-state index in [1.165, 1.54) is 57.8 Å². The molecule has 6 nitrogen and oxygen atoms in total. The van der Waals surface area contributed by atoms with Gasteiger partial charge in [0.2, 0.25) is 0 Å². The first kappa shape index (κ1) is 71.3. The highest BCUT2D eigenvalue weighted by molar-refractivity contribution is 5.71. The number of carbonyl (C=O) groups excluding carboxylic acids is 3. The molecular formula is C70H112O6. The highest BCUT2D eigenvalue weighted by atomic mass is 16.6. The van der Waals surface area contributed by atoms with Crippen LogP contribution in [0.2, 0.25) is 0 Å². The average Bonchev–Trinajstić information content (AvgIpc) is 3.42. The van der Waals surface area contributed by atoms with Crippen LogP contribution in [0.4, 0.5) is 0 Å². The molecule has 0 heterocycles. The van der Waals surface area contributed by atoms with E-state index in [-0.39, 0.29) is 31.1 Å². The van der Waals surface area contributed by atoms with Crippen LogP contribution in [-0.2, 0) is 28.6 Å². The van der Waals surface area contributed by atoms with Crippen LogP contribution in [0.5, 0.6) is 0 Å². The van der Waals surface area contributed by atoms with Gasteiger partial charge in [-0.2, -0.15) is 0 Å². The number of carbonyl (C=O) groups is 3. The minimum absolute atomic E-state index is 0.0944. The van der Waals surface area contributed by atoms with Crippen molar-refractivity contribution in [1.29, 1.82) is 0 Å². The molecule has 0 aliphatic rings. The van der Waals surface area contributed by atoms with Gasteiger partial charge in [0.1, 0.15) is 13.2 Å². The van der Waals surface area contributed by atoms with E-state index in [0.29, 0.717) is 19.3 Å². The third kappa shape index (κ3) is 60.2. The number of hydrogen-bond donors (Lipinski definition) is 0. The van der Waals surface area contributed by atoms with Crippen LogP contribution in [0.25, 0.3) is 0 Å². The molecule has 0 aliphatic heterocycles. The van der Waals surface area contributed by atoms with Gasteiger partial charge < -0.3 is 14.2 Å². The summed E-state index contributed by atoms with van der Waals surface area (Å²) in [5.74, 6) is -0.942. The maximum atomic E-state index is 12.8. The molecule has 0 amide bonds. The summed E-state index contributed by atoms with van der Waals surface area (Å²) < 4.78 is 16.8. The van der Waals surface area contributed by atoms with E-state index in [4.69, 9.17) is 14.2 Å². The molecule has 76 heavy (non-hydrogen) atoms. The molecule has 6 heteroatoms. The molecule has 0 aliphatic carbocycles. The lowest BCUT2D eigenvalue weighted by molar-refractivity contribution is -0.167. The first-order chi connectivity index (χ1) is 37.5. The van der Waals surface area contributed by atoms with Crippen molar-refractivity contribution in [2.24, 2.45) is 0 Å². The van der Waals surface area contributed by atoms with E-state index < -0.39 is 6.10 Å². The number of esters is 3. The van der Waals surface area contributed by atoms with Crippen molar-refractivity contribution >= 4 is 17.9 Å². The number of allylic oxidation sites excluding steroid dienone is 24. The van der Waals surface area contributed by atoms with Gasteiger partial charge in [0, 0.05) is 19.3 Å². The highest BCUT2D eigenvalue weighted by Crippen LogP contribution is 2.14. The number of rotatable bonds is 54. The van der Waals surface area contributed by atoms with Gasteiger partial charge in [-0.15, -0.1) is 0 Å². The summed E-state index contributed by atoms with van der Waals surface area (Å²) in [5.41, 5.74) is 0. The monoisotopic (exact) mass is 1050 g/mol. The number of unbranched alkanes of at least 4 members (excludes halogenated alkanes) is 19. The zero-order valence-corrected chi connectivity index (χ0v) is 49.0. The zero-order chi connectivity index (χ0) is 55.0. The second-order valence-corrected chi connectivity index (χ2v) is 19.9. The lowest BCUT2D eigenvalue weighted by Crippen LogP contribution is -2.30. The third-order valence-corrected chi connectivity index (χ3v) is 12.6. The molecule has 0 saturated heterocycles. The Bertz CT molecular complexity index is 1680. The maximum absolute atomic E-state index is 12.8. The molecule has 0 spiro atoms. The van der Waals surface area contributed by atoms with E-state index in [9.17, 15) is 14.4 Å². The van der Waals surface area contributed by atoms with Crippen molar-refractivity contribution in [3.63, 3.8) is 0 Å². The second kappa shape index (κ2) is 62.8. The summed E-state index contributed by atoms with van der Waals surface area (Å²) >= 11 is 0. The quantitative estimate of drug-likeness (QED) is 0.0261. The smallest absolute Gasteiger partial charge is 0.306 e. The first-order valence-corrected chi connectivity index (χ1v) is 30.8. The van der Waals surface area contributed by atoms with Crippen molar-refractivity contribution in [1.82, 2.24) is 0 Å². The fourth-order valence-electron chi connectivity index (χ4n) is 7.96. The fourth-order valence-corrected chi connectivity index (χ4v) is 7.96. The predicted octanol–water partition coefficient (Wildman–Crippen LogP) is 21.2. The van der Waals surface area contributed by atoms with Gasteiger partial charge in [-0.1, -0.05) is 263 Å². The number of ether oxygens (including phenoxy) is 3. The minimum Gasteiger partial charge on any atom is -0.462 e. The van der Waals surface area contributed by atoms with Crippen LogP contribution in [0.3, 0.4) is 0 Å². The molecule has 428 valence electrons. The molecule has 0 fully saturated rings. The molecule has 0 aromatic carbocycles. The molecule has 1 unspecified atom stereocenters. The van der Waals surface area contributed by atoms with E-state index in [2.05, 4.69) is 167 Å². The predicted molar refractivity (Wildman–Crippen MR) is 329 cm³/mol. The molecule has 0 N–H and O–H groups in total. The van der Waals surface area contributed by atoms with E-state index in [0.717, 1.165) is 161 Å². The second-order valence-electron chi connectivity index (χ2n) is 19.9. The largest absolute Gasteiger partial charge is 0.462 e. The van der Waals surface area contributed by atoms with Crippen LogP contribution in [0.1, 0.15) is 258 Å². The summed E-state index contributed by atoms with van der Waals surface area (Å²) in [6.45, 7) is 6.42. The van der Waals surface area contributed by atoms with E-state index in [1.54, 1.807) is 0 Å². The molecule has 0 aromatic heterocycles. The third-order valence-electron chi connectivity index (χ3n) is 12.6. The Morgan fingerprint density at radius 1 is 0.276 bits per heavy atom. The highest BCUT2D eigenvalue weighted by Gasteiger charge is 2.19.